The number of anilines is 1. The summed E-state index contributed by atoms with van der Waals surface area (Å²) in [6.45, 7) is 2.34. The third kappa shape index (κ3) is 3.90. The lowest BCUT2D eigenvalue weighted by molar-refractivity contribution is -0.133. The number of carbonyl (C=O) groups excluding carboxylic acids is 2. The van der Waals surface area contributed by atoms with E-state index >= 15 is 0 Å². The lowest BCUT2D eigenvalue weighted by atomic mass is 10.1. The summed E-state index contributed by atoms with van der Waals surface area (Å²) < 4.78 is 0. The zero-order valence-electron chi connectivity index (χ0n) is 15.1. The minimum atomic E-state index is -0.0538. The minimum Gasteiger partial charge on any atom is -0.310 e. The molecule has 0 unspecified atom stereocenters. The molecule has 4 rings (SSSR count). The Kier molecular flexibility index (Phi) is 4.98. The minimum absolute atomic E-state index is 0.0233. The second kappa shape index (κ2) is 7.72. The summed E-state index contributed by atoms with van der Waals surface area (Å²) in [7, 11) is 0. The number of amides is 2. The number of rotatable bonds is 4. The molecule has 2 amide bonds. The molecule has 0 bridgehead atoms. The van der Waals surface area contributed by atoms with E-state index in [1.54, 1.807) is 4.90 Å². The Hall–Kier alpha value is -2.99. The molecule has 0 saturated carbocycles. The topological polar surface area (TPSA) is 56.2 Å². The number of hydrogen-bond donors (Lipinski definition) is 0. The summed E-state index contributed by atoms with van der Waals surface area (Å²) in [5, 5.41) is 6.02. The zero-order valence-corrected chi connectivity index (χ0v) is 15.1. The first-order valence-corrected chi connectivity index (χ1v) is 9.22. The van der Waals surface area contributed by atoms with Crippen molar-refractivity contribution in [3.8, 4) is 0 Å². The molecule has 27 heavy (non-hydrogen) atoms. The maximum absolute atomic E-state index is 12.6. The van der Waals surface area contributed by atoms with E-state index in [4.69, 9.17) is 0 Å². The van der Waals surface area contributed by atoms with Crippen LogP contribution in [0, 0.1) is 0 Å². The van der Waals surface area contributed by atoms with Crippen molar-refractivity contribution in [1.82, 2.24) is 9.91 Å². The van der Waals surface area contributed by atoms with E-state index in [1.165, 1.54) is 5.01 Å². The van der Waals surface area contributed by atoms with Crippen LogP contribution >= 0.6 is 0 Å². The normalized spacial score (nSPS) is 17.9. The molecule has 0 atom stereocenters. The Morgan fingerprint density at radius 2 is 1.63 bits per heavy atom. The van der Waals surface area contributed by atoms with Gasteiger partial charge in [0, 0.05) is 25.2 Å². The van der Waals surface area contributed by atoms with Gasteiger partial charge in [-0.25, -0.2) is 5.01 Å². The molecule has 1 saturated heterocycles. The molecule has 0 spiro atoms. The van der Waals surface area contributed by atoms with Gasteiger partial charge in [-0.1, -0.05) is 48.5 Å². The number of nitrogens with zero attached hydrogens (tertiary/aromatic N) is 4. The maximum Gasteiger partial charge on any atom is 0.256 e. The second-order valence-electron chi connectivity index (χ2n) is 6.77. The molecule has 0 aliphatic carbocycles. The first-order chi connectivity index (χ1) is 13.2. The monoisotopic (exact) mass is 362 g/mol. The van der Waals surface area contributed by atoms with Gasteiger partial charge in [-0.05, 0) is 17.7 Å². The molecule has 2 aromatic carbocycles. The predicted molar refractivity (Wildman–Crippen MR) is 105 cm³/mol. The molecule has 138 valence electrons. The molecular formula is C21H22N4O2. The van der Waals surface area contributed by atoms with E-state index in [-0.39, 0.29) is 24.9 Å². The van der Waals surface area contributed by atoms with E-state index in [9.17, 15) is 9.59 Å². The van der Waals surface area contributed by atoms with Gasteiger partial charge in [0.1, 0.15) is 0 Å². The summed E-state index contributed by atoms with van der Waals surface area (Å²) in [5.74, 6) is -0.0305. The first kappa shape index (κ1) is 17.4. The Bertz CT molecular complexity index is 851. The van der Waals surface area contributed by atoms with Crippen LogP contribution in [0.4, 0.5) is 5.69 Å². The number of benzene rings is 2. The fraction of sp³-hybridized carbons (Fsp3) is 0.286. The van der Waals surface area contributed by atoms with Gasteiger partial charge in [0.2, 0.25) is 5.91 Å². The molecule has 2 heterocycles. The number of hydrazone groups is 1. The van der Waals surface area contributed by atoms with Crippen molar-refractivity contribution in [2.24, 2.45) is 5.10 Å². The van der Waals surface area contributed by atoms with Crippen molar-refractivity contribution in [3.63, 3.8) is 0 Å². The lowest BCUT2D eigenvalue weighted by Crippen LogP contribution is -2.52. The fourth-order valence-electron chi connectivity index (χ4n) is 3.48. The van der Waals surface area contributed by atoms with Crippen LogP contribution in [0.3, 0.4) is 0 Å². The highest BCUT2D eigenvalue weighted by Crippen LogP contribution is 2.18. The third-order valence-electron chi connectivity index (χ3n) is 4.92. The van der Waals surface area contributed by atoms with Gasteiger partial charge in [0.25, 0.3) is 5.91 Å². The van der Waals surface area contributed by atoms with E-state index in [0.29, 0.717) is 19.6 Å². The van der Waals surface area contributed by atoms with Crippen LogP contribution in [0.1, 0.15) is 12.0 Å². The Balaban J connectivity index is 1.35. The molecule has 2 aliphatic heterocycles. The van der Waals surface area contributed by atoms with E-state index in [0.717, 1.165) is 23.4 Å². The molecule has 1 fully saturated rings. The van der Waals surface area contributed by atoms with Crippen LogP contribution in [0.2, 0.25) is 0 Å². The van der Waals surface area contributed by atoms with Crippen molar-refractivity contribution in [1.29, 1.82) is 0 Å². The molecule has 6 heteroatoms. The lowest BCUT2D eigenvalue weighted by Gasteiger charge is -2.34. The molecule has 0 N–H and O–H groups in total. The number of carbonyl (C=O) groups is 2. The van der Waals surface area contributed by atoms with Gasteiger partial charge in [-0.15, -0.1) is 0 Å². The van der Waals surface area contributed by atoms with Crippen molar-refractivity contribution in [3.05, 3.63) is 66.2 Å². The van der Waals surface area contributed by atoms with Gasteiger partial charge in [-0.3, -0.25) is 14.5 Å². The Morgan fingerprint density at radius 1 is 0.926 bits per heavy atom. The van der Waals surface area contributed by atoms with Gasteiger partial charge in [0.15, 0.2) is 0 Å². The summed E-state index contributed by atoms with van der Waals surface area (Å²) in [4.78, 5) is 28.8. The van der Waals surface area contributed by atoms with Crippen molar-refractivity contribution < 1.29 is 9.59 Å². The van der Waals surface area contributed by atoms with Crippen LogP contribution < -0.4 is 4.90 Å². The molecular weight excluding hydrogens is 340 g/mol. The van der Waals surface area contributed by atoms with Crippen molar-refractivity contribution in [2.45, 2.75) is 6.42 Å². The van der Waals surface area contributed by atoms with Crippen LogP contribution in [-0.4, -0.2) is 60.2 Å². The van der Waals surface area contributed by atoms with Crippen LogP contribution in [0.15, 0.2) is 65.8 Å². The largest absolute Gasteiger partial charge is 0.310 e. The van der Waals surface area contributed by atoms with E-state index in [2.05, 4.69) is 5.10 Å². The molecule has 0 aromatic heterocycles. The smallest absolute Gasteiger partial charge is 0.256 e. The average Bonchev–Trinajstić information content (AvgIpc) is 3.20. The summed E-state index contributed by atoms with van der Waals surface area (Å²) >= 11 is 0. The summed E-state index contributed by atoms with van der Waals surface area (Å²) in [6, 6.07) is 19.6. The number of piperazine rings is 1. The standard InChI is InChI=1S/C21H22N4O2/c26-20-15-23(13-14-24(20)18-9-5-2-6-10-18)16-21(27)25-12-11-19(22-25)17-7-3-1-4-8-17/h1-10H,11-16H2. The van der Waals surface area contributed by atoms with Gasteiger partial charge in [-0.2, -0.15) is 5.10 Å². The van der Waals surface area contributed by atoms with Crippen LogP contribution in [0.5, 0.6) is 0 Å². The highest BCUT2D eigenvalue weighted by atomic mass is 16.2. The molecule has 0 radical (unpaired) electrons. The zero-order chi connectivity index (χ0) is 18.6. The maximum atomic E-state index is 12.6. The first-order valence-electron chi connectivity index (χ1n) is 9.22. The average molecular weight is 362 g/mol. The molecule has 2 aliphatic rings. The molecule has 6 nitrogen and oxygen atoms in total. The van der Waals surface area contributed by atoms with Gasteiger partial charge < -0.3 is 4.90 Å². The van der Waals surface area contributed by atoms with Crippen molar-refractivity contribution in [2.75, 3.05) is 37.6 Å². The predicted octanol–water partition coefficient (Wildman–Crippen LogP) is 1.97. The van der Waals surface area contributed by atoms with Crippen LogP contribution in [0.25, 0.3) is 0 Å². The fourth-order valence-corrected chi connectivity index (χ4v) is 3.48. The van der Waals surface area contributed by atoms with E-state index in [1.807, 2.05) is 65.6 Å². The van der Waals surface area contributed by atoms with Crippen LogP contribution in [-0.2, 0) is 9.59 Å². The quantitative estimate of drug-likeness (QED) is 0.836. The SMILES string of the molecule is O=C(CN1CCN(c2ccccc2)C(=O)C1)N1CCC(c2ccccc2)=N1. The number of para-hydroxylation sites is 1. The highest BCUT2D eigenvalue weighted by molar-refractivity contribution is 6.02. The Morgan fingerprint density at radius 3 is 2.33 bits per heavy atom. The highest BCUT2D eigenvalue weighted by Gasteiger charge is 2.28. The summed E-state index contributed by atoms with van der Waals surface area (Å²) in [6.07, 6.45) is 0.760. The third-order valence-corrected chi connectivity index (χ3v) is 4.92. The Labute approximate surface area is 158 Å². The summed E-state index contributed by atoms with van der Waals surface area (Å²) in [5.41, 5.74) is 2.90. The van der Waals surface area contributed by atoms with Gasteiger partial charge in [0.05, 0.1) is 25.3 Å². The number of hydrogen-bond acceptors (Lipinski definition) is 4. The molecule has 2 aromatic rings. The van der Waals surface area contributed by atoms with Crippen molar-refractivity contribution >= 4 is 23.2 Å². The van der Waals surface area contributed by atoms with Gasteiger partial charge >= 0.3 is 0 Å². The second-order valence-corrected chi connectivity index (χ2v) is 6.77. The van der Waals surface area contributed by atoms with E-state index < -0.39 is 0 Å².